The fourth-order valence-electron chi connectivity index (χ4n) is 12.0. The molecule has 3 atom stereocenters. The van der Waals surface area contributed by atoms with Gasteiger partial charge in [0.15, 0.2) is 0 Å². The van der Waals surface area contributed by atoms with Crippen molar-refractivity contribution in [3.05, 3.63) is 301 Å². The van der Waals surface area contributed by atoms with Crippen LogP contribution in [0.1, 0.15) is 120 Å². The fraction of sp³-hybridized carbons (Fsp3) is 0.209. The second kappa shape index (κ2) is 40.6. The smallest absolute Gasteiger partial charge is 0.373 e. The van der Waals surface area contributed by atoms with E-state index in [1.54, 1.807) is 24.7 Å². The number of rotatable bonds is 22. The van der Waals surface area contributed by atoms with Gasteiger partial charge in [0, 0.05) is 60.8 Å². The van der Waals surface area contributed by atoms with Crippen molar-refractivity contribution in [2.75, 3.05) is 6.61 Å². The van der Waals surface area contributed by atoms with E-state index in [1.807, 2.05) is 123 Å². The zero-order chi connectivity index (χ0) is 75.7. The molecule has 0 unspecified atom stereocenters. The fourth-order valence-corrected chi connectivity index (χ4v) is 12.0. The molecule has 3 amide bonds. The van der Waals surface area contributed by atoms with E-state index in [-0.39, 0.29) is 54.9 Å². The second-order valence-corrected chi connectivity index (χ2v) is 26.0. The van der Waals surface area contributed by atoms with E-state index < -0.39 is 6.04 Å². The van der Waals surface area contributed by atoms with Gasteiger partial charge in [-0.25, -0.2) is 15.0 Å². The molecule has 0 bridgehead atoms. The molecule has 0 spiro atoms. The van der Waals surface area contributed by atoms with Gasteiger partial charge in [0.2, 0.25) is 0 Å². The van der Waals surface area contributed by atoms with Crippen molar-refractivity contribution >= 4 is 69.3 Å². The Morgan fingerprint density at radius 3 is 1.08 bits per heavy atom. The molecular formula is C86H84N10O10. The summed E-state index contributed by atoms with van der Waals surface area (Å²) >= 11 is 0. The first-order chi connectivity index (χ1) is 51.4. The van der Waals surface area contributed by atoms with E-state index in [1.165, 1.54) is 33.4 Å². The Labute approximate surface area is 615 Å². The van der Waals surface area contributed by atoms with Crippen LogP contribution in [-0.2, 0) is 48.4 Å². The molecule has 13 aromatic rings. The van der Waals surface area contributed by atoms with Crippen molar-refractivity contribution in [2.45, 2.75) is 98.6 Å². The van der Waals surface area contributed by atoms with Gasteiger partial charge in [0.25, 0.3) is 17.7 Å². The van der Waals surface area contributed by atoms with Gasteiger partial charge in [-0.1, -0.05) is 198 Å². The molecular weight excluding hydrogens is 1330 g/mol. The summed E-state index contributed by atoms with van der Waals surface area (Å²) in [6.07, 6.45) is 12.9. The highest BCUT2D eigenvalue weighted by Gasteiger charge is 2.19. The highest BCUT2D eigenvalue weighted by molar-refractivity contribution is 5.99. The maximum Gasteiger partial charge on any atom is 0.373 e. The molecule has 538 valence electrons. The summed E-state index contributed by atoms with van der Waals surface area (Å²) < 4.78 is 6.31. The number of nitrogens with zero attached hydrogens (tertiary/aromatic N) is 7. The lowest BCUT2D eigenvalue weighted by atomic mass is 10.0. The number of aromatic nitrogens is 7. The number of imidazole rings is 3. The van der Waals surface area contributed by atoms with Crippen molar-refractivity contribution in [3.63, 3.8) is 0 Å². The standard InChI is InChI=1S/C28H24N4O2.C28H31N3O.C27H29N3O.3CO2/c33-18-26(22-5-2-1-3-6-22)31-28(34)23-12-13-27-25(15-23)30-19-32(27)17-20-8-10-21(11-9-20)24-7-4-14-29-16-24;1-20(2)9-10-21(3)30-28(32)25-15-16-27-26(17-25)29-19-31(27)18-22-11-13-24(14-12-22)23-7-5-4-6-8-23;1-19(2)15-20(3)29-27(31)24-13-14-26-25(16-24)28-18-30(26)17-21-9-11-23(12-10-21)22-7-5-4-6-8-22;3*2-1-3/h1-16,19,26,33H,17-18H2,(H,31,34);4-8,11-17,19-21H,9-10,18H2,1-3H3,(H,30,32);4-14,16,18-20H,15,17H2,1-3H3,(H,29,31);;;/t26-;21-;20-;;;/m000.../s1. The van der Waals surface area contributed by atoms with E-state index >= 15 is 0 Å². The summed E-state index contributed by atoms with van der Waals surface area (Å²) in [6, 6.07) is 76.7. The lowest BCUT2D eigenvalue weighted by molar-refractivity contribution is -0.193. The molecule has 0 saturated carbocycles. The highest BCUT2D eigenvalue weighted by Crippen LogP contribution is 2.26. The average Bonchev–Trinajstić information content (AvgIpc) is 1.66. The second-order valence-electron chi connectivity index (χ2n) is 26.0. The third kappa shape index (κ3) is 23.3. The van der Waals surface area contributed by atoms with Crippen molar-refractivity contribution < 1.29 is 48.3 Å². The number of aliphatic hydroxyl groups is 1. The molecule has 0 saturated heterocycles. The van der Waals surface area contributed by atoms with Gasteiger partial charge in [-0.2, -0.15) is 28.8 Å². The number of hydrogen-bond donors (Lipinski definition) is 4. The van der Waals surface area contributed by atoms with Gasteiger partial charge < -0.3 is 34.8 Å². The Kier molecular flexibility index (Phi) is 30.2. The van der Waals surface area contributed by atoms with Crippen LogP contribution >= 0.6 is 0 Å². The van der Waals surface area contributed by atoms with E-state index in [2.05, 4.69) is 206 Å². The van der Waals surface area contributed by atoms with E-state index in [0.29, 0.717) is 35.1 Å². The number of benzene rings is 9. The summed E-state index contributed by atoms with van der Waals surface area (Å²) in [6.45, 7) is 14.8. The van der Waals surface area contributed by atoms with Gasteiger partial charge in [0.1, 0.15) is 0 Å². The summed E-state index contributed by atoms with van der Waals surface area (Å²) in [5.74, 6) is 0.875. The first-order valence-electron chi connectivity index (χ1n) is 34.6. The number of aliphatic hydroxyl groups excluding tert-OH is 1. The first-order valence-corrected chi connectivity index (χ1v) is 34.6. The third-order valence-electron chi connectivity index (χ3n) is 17.2. The number of carbonyl (C=O) groups excluding carboxylic acids is 9. The Morgan fingerprint density at radius 2 is 0.726 bits per heavy atom. The quantitative estimate of drug-likeness (QED) is 0.0491. The SMILES string of the molecule is CC(C)CC[C@H](C)NC(=O)c1ccc2c(c1)ncn2Cc1ccc(-c2ccccc2)cc1.CC(C)C[C@H](C)NC(=O)c1ccc2c(c1)ncn2Cc1ccc(-c2ccccc2)cc1.O=C(N[C@@H](CO)c1ccccc1)c1ccc2c(c1)ncn2Cc1ccc(-c2cccnc2)cc1.O=C=O.O=C=O.O=C=O. The lowest BCUT2D eigenvalue weighted by Gasteiger charge is -2.16. The van der Waals surface area contributed by atoms with Crippen LogP contribution in [0.25, 0.3) is 66.5 Å². The number of amides is 3. The molecule has 4 aromatic heterocycles. The minimum absolute atomic E-state index is 0.0331. The van der Waals surface area contributed by atoms with Gasteiger partial charge in [-0.3, -0.25) is 19.4 Å². The van der Waals surface area contributed by atoms with Gasteiger partial charge in [-0.15, -0.1) is 0 Å². The minimum atomic E-state index is -0.461. The topological polar surface area (TPSA) is 276 Å². The van der Waals surface area contributed by atoms with E-state index in [4.69, 9.17) is 28.8 Å². The number of hydrogen-bond acceptors (Lipinski definition) is 14. The maximum atomic E-state index is 12.8. The van der Waals surface area contributed by atoms with Crippen LogP contribution in [0.2, 0.25) is 0 Å². The molecule has 13 rings (SSSR count). The van der Waals surface area contributed by atoms with Crippen LogP contribution in [0.3, 0.4) is 0 Å². The van der Waals surface area contributed by atoms with E-state index in [0.717, 1.165) is 87.7 Å². The summed E-state index contributed by atoms with van der Waals surface area (Å²) in [4.78, 5) is 105. The van der Waals surface area contributed by atoms with Crippen LogP contribution < -0.4 is 16.0 Å². The molecule has 4 heterocycles. The Morgan fingerprint density at radius 1 is 0.387 bits per heavy atom. The monoisotopic (exact) mass is 1420 g/mol. The average molecular weight is 1420 g/mol. The zero-order valence-electron chi connectivity index (χ0n) is 59.9. The molecule has 4 N–H and O–H groups in total. The largest absolute Gasteiger partial charge is 0.394 e. The van der Waals surface area contributed by atoms with Crippen LogP contribution in [0.4, 0.5) is 0 Å². The summed E-state index contributed by atoms with van der Waals surface area (Å²) in [7, 11) is 0. The predicted octanol–water partition coefficient (Wildman–Crippen LogP) is 15.1. The van der Waals surface area contributed by atoms with Crippen molar-refractivity contribution in [3.8, 4) is 33.4 Å². The highest BCUT2D eigenvalue weighted by atomic mass is 16.3. The molecule has 0 aliphatic heterocycles. The number of pyridine rings is 1. The molecule has 0 aliphatic carbocycles. The van der Waals surface area contributed by atoms with Crippen LogP contribution in [-0.4, -0.2) is 93.6 Å². The molecule has 106 heavy (non-hydrogen) atoms. The Balaban J connectivity index is 0.000000190. The number of carbonyl (C=O) groups is 3. The third-order valence-corrected chi connectivity index (χ3v) is 17.2. The lowest BCUT2D eigenvalue weighted by Crippen LogP contribution is -2.33. The molecule has 20 nitrogen and oxygen atoms in total. The minimum Gasteiger partial charge on any atom is -0.394 e. The Bertz CT molecular complexity index is 5000. The molecule has 0 fully saturated rings. The van der Waals surface area contributed by atoms with Gasteiger partial charge >= 0.3 is 18.5 Å². The van der Waals surface area contributed by atoms with Crippen LogP contribution in [0.5, 0.6) is 0 Å². The van der Waals surface area contributed by atoms with Crippen molar-refractivity contribution in [1.29, 1.82) is 0 Å². The summed E-state index contributed by atoms with van der Waals surface area (Å²) in [5, 5.41) is 18.8. The predicted molar refractivity (Wildman–Crippen MR) is 406 cm³/mol. The molecule has 9 aromatic carbocycles. The van der Waals surface area contributed by atoms with Gasteiger partial charge in [0.05, 0.1) is 64.7 Å². The summed E-state index contributed by atoms with van der Waals surface area (Å²) in [5.41, 5.74) is 18.8. The molecule has 20 heteroatoms. The Hall–Kier alpha value is -13.0. The van der Waals surface area contributed by atoms with Crippen molar-refractivity contribution in [1.82, 2.24) is 49.6 Å². The van der Waals surface area contributed by atoms with Crippen molar-refractivity contribution in [2.24, 2.45) is 11.8 Å². The molecule has 0 aliphatic rings. The first kappa shape index (κ1) is 78.8. The zero-order valence-corrected chi connectivity index (χ0v) is 59.9. The van der Waals surface area contributed by atoms with Gasteiger partial charge in [-0.05, 0) is 161 Å². The number of fused-ring (bicyclic) bond motifs is 3. The molecule has 0 radical (unpaired) electrons. The van der Waals surface area contributed by atoms with Crippen LogP contribution in [0, 0.1) is 11.8 Å². The van der Waals surface area contributed by atoms with E-state index in [9.17, 15) is 19.5 Å². The normalized spacial score (nSPS) is 11.3. The maximum absolute atomic E-state index is 12.8. The number of nitrogens with one attached hydrogen (secondary N) is 3. The van der Waals surface area contributed by atoms with Crippen LogP contribution in [0.15, 0.2) is 262 Å².